The molecule has 2 aromatic rings. The standard InChI is InChI=1S/C45H53NO14/c1-9-23(2)40(53)59-38-36-43(8,30(49)20-31-44(36,22-56-31)60-26(5)48)37(51)35(57-25(4)47)32-24(3)29(21-45(38,55)42(32,6)7)58-41(54)34(50)33(27-16-12-10-13-17-27)46-39(52)28-18-14-11-15-19-28/h9-19,29-31,33-36,38,49-50,55H,20-22H2,1-8H3,(H,46,52)/b23-9+/t29-,30-,31+,33?,34+,35+,36-,38-,43+,44-,45+/m0/s1. The van der Waals surface area contributed by atoms with Crippen molar-refractivity contribution in [2.75, 3.05) is 6.61 Å². The summed E-state index contributed by atoms with van der Waals surface area (Å²) in [4.78, 5) is 82.8. The number of fused-ring (bicyclic) bond motifs is 5. The lowest BCUT2D eigenvalue weighted by Crippen LogP contribution is -2.82. The van der Waals surface area contributed by atoms with Crippen molar-refractivity contribution in [3.8, 4) is 0 Å². The van der Waals surface area contributed by atoms with Crippen molar-refractivity contribution in [3.63, 3.8) is 0 Å². The molecule has 1 unspecified atom stereocenters. The molecule has 4 N–H and O–H groups in total. The van der Waals surface area contributed by atoms with Gasteiger partial charge in [0.05, 0.1) is 30.1 Å². The summed E-state index contributed by atoms with van der Waals surface area (Å²) in [6, 6.07) is 15.1. The summed E-state index contributed by atoms with van der Waals surface area (Å²) >= 11 is 0. The van der Waals surface area contributed by atoms with E-state index in [0.29, 0.717) is 5.56 Å². The first-order valence-corrected chi connectivity index (χ1v) is 19.9. The number of aliphatic hydroxyl groups is 3. The van der Waals surface area contributed by atoms with Crippen LogP contribution in [0, 0.1) is 16.7 Å². The molecule has 1 saturated heterocycles. The SMILES string of the molecule is C/C=C(\C)C(=O)O[C@H]1[C@@H]2[C@]3(OC(C)=O)CO[C@@H]3C[C@H](O)[C@@]2(C)C(=O)[C@H](OC(C)=O)C2=C(C)[C@@H](OC(=O)[C@H](O)C(NC(=O)c3ccccc3)c3ccccc3)C[C@]1(O)C2(C)C. The molecule has 15 heteroatoms. The fourth-order valence-corrected chi connectivity index (χ4v) is 9.75. The zero-order chi connectivity index (χ0) is 44.1. The van der Waals surface area contributed by atoms with Crippen molar-refractivity contribution in [1.29, 1.82) is 0 Å². The van der Waals surface area contributed by atoms with Crippen molar-refractivity contribution in [1.82, 2.24) is 5.32 Å². The van der Waals surface area contributed by atoms with Gasteiger partial charge in [-0.2, -0.15) is 0 Å². The van der Waals surface area contributed by atoms with E-state index in [2.05, 4.69) is 5.32 Å². The van der Waals surface area contributed by atoms with Crippen molar-refractivity contribution < 1.29 is 67.8 Å². The Balaban J connectivity index is 1.53. The Hall–Kier alpha value is -5.22. The van der Waals surface area contributed by atoms with Crippen molar-refractivity contribution in [3.05, 3.63) is 94.6 Å². The molecule has 2 saturated carbocycles. The molecule has 15 nitrogen and oxygen atoms in total. The molecule has 1 amide bonds. The van der Waals surface area contributed by atoms with E-state index in [4.69, 9.17) is 23.7 Å². The van der Waals surface area contributed by atoms with E-state index in [9.17, 15) is 39.3 Å². The second-order valence-corrected chi connectivity index (χ2v) is 17.0. The van der Waals surface area contributed by atoms with E-state index in [1.165, 1.54) is 26.8 Å². The van der Waals surface area contributed by atoms with Crippen LogP contribution in [0.15, 0.2) is 83.5 Å². The van der Waals surface area contributed by atoms with Crippen molar-refractivity contribution in [2.45, 2.75) is 122 Å². The number of carbonyl (C=O) groups excluding carboxylic acids is 6. The fourth-order valence-electron chi connectivity index (χ4n) is 9.75. The third kappa shape index (κ3) is 7.24. The molecule has 4 aliphatic rings. The summed E-state index contributed by atoms with van der Waals surface area (Å²) in [6.07, 6.45) is -8.91. The highest BCUT2D eigenvalue weighted by molar-refractivity contribution is 5.96. The zero-order valence-corrected chi connectivity index (χ0v) is 34.9. The van der Waals surface area contributed by atoms with Crippen LogP contribution < -0.4 is 5.32 Å². The molecular weight excluding hydrogens is 778 g/mol. The predicted molar refractivity (Wildman–Crippen MR) is 211 cm³/mol. The lowest BCUT2D eigenvalue weighted by molar-refractivity contribution is -0.347. The minimum Gasteiger partial charge on any atom is -0.456 e. The molecule has 0 spiro atoms. The van der Waals surface area contributed by atoms with Gasteiger partial charge < -0.3 is 44.3 Å². The molecule has 0 radical (unpaired) electrons. The summed E-state index contributed by atoms with van der Waals surface area (Å²) in [7, 11) is 0. The molecule has 11 atom stereocenters. The minimum absolute atomic E-state index is 0.00456. The number of nitrogens with one attached hydrogen (secondary N) is 1. The summed E-state index contributed by atoms with van der Waals surface area (Å²) in [5.74, 6) is -6.76. The average molecular weight is 832 g/mol. The fraction of sp³-hybridized carbons (Fsp3) is 0.511. The Kier molecular flexibility index (Phi) is 12.1. The van der Waals surface area contributed by atoms with Gasteiger partial charge in [-0.3, -0.25) is 19.2 Å². The van der Waals surface area contributed by atoms with E-state index in [0.717, 1.165) is 13.8 Å². The summed E-state index contributed by atoms with van der Waals surface area (Å²) < 4.78 is 30.1. The molecule has 60 heavy (non-hydrogen) atoms. The van der Waals surface area contributed by atoms with E-state index >= 15 is 4.79 Å². The first-order valence-electron chi connectivity index (χ1n) is 19.9. The second kappa shape index (κ2) is 16.3. The van der Waals surface area contributed by atoms with Gasteiger partial charge in [0.25, 0.3) is 5.91 Å². The molecular formula is C45H53NO14. The Morgan fingerprint density at radius 1 is 0.917 bits per heavy atom. The summed E-state index contributed by atoms with van der Waals surface area (Å²) in [5.41, 5.74) is -6.85. The lowest BCUT2D eigenvalue weighted by atomic mass is 9.44. The van der Waals surface area contributed by atoms with Crippen LogP contribution in [0.5, 0.6) is 0 Å². The number of ether oxygens (including phenoxy) is 5. The number of Topliss-reactive ketones (excluding diaryl/α,β-unsaturated/α-hetero) is 1. The first-order chi connectivity index (χ1) is 28.1. The summed E-state index contributed by atoms with van der Waals surface area (Å²) in [6.45, 7) is 11.1. The van der Waals surface area contributed by atoms with Crippen LogP contribution in [0.2, 0.25) is 0 Å². The Labute approximate surface area is 348 Å². The molecule has 3 fully saturated rings. The van der Waals surface area contributed by atoms with Gasteiger partial charge in [0.15, 0.2) is 23.6 Å². The van der Waals surface area contributed by atoms with Gasteiger partial charge >= 0.3 is 23.9 Å². The van der Waals surface area contributed by atoms with Crippen LogP contribution in [0.3, 0.4) is 0 Å². The quantitative estimate of drug-likeness (QED) is 0.117. The number of rotatable bonds is 10. The number of aliphatic hydroxyl groups excluding tert-OH is 2. The average Bonchev–Trinajstić information content (AvgIpc) is 3.20. The van der Waals surface area contributed by atoms with Crippen LogP contribution in [0.25, 0.3) is 0 Å². The largest absolute Gasteiger partial charge is 0.456 e. The maximum atomic E-state index is 15.4. The predicted octanol–water partition coefficient (Wildman–Crippen LogP) is 3.39. The number of amides is 1. The third-order valence-electron chi connectivity index (χ3n) is 13.2. The second-order valence-electron chi connectivity index (χ2n) is 17.0. The molecule has 6 rings (SSSR count). The third-order valence-corrected chi connectivity index (χ3v) is 13.2. The van der Waals surface area contributed by atoms with Gasteiger partial charge in [-0.05, 0) is 56.5 Å². The van der Waals surface area contributed by atoms with Gasteiger partial charge in [-0.25, -0.2) is 9.59 Å². The highest BCUT2D eigenvalue weighted by Gasteiger charge is 2.78. The maximum absolute atomic E-state index is 15.4. The van der Waals surface area contributed by atoms with Crippen LogP contribution >= 0.6 is 0 Å². The topological polar surface area (TPSA) is 221 Å². The first kappa shape index (κ1) is 44.3. The number of benzene rings is 2. The number of carbonyl (C=O) groups is 6. The van der Waals surface area contributed by atoms with Crippen LogP contribution in [0.4, 0.5) is 0 Å². The monoisotopic (exact) mass is 831 g/mol. The molecule has 0 aromatic heterocycles. The Morgan fingerprint density at radius 3 is 2.08 bits per heavy atom. The molecule has 322 valence electrons. The van der Waals surface area contributed by atoms with Crippen LogP contribution in [-0.2, 0) is 47.7 Å². The van der Waals surface area contributed by atoms with Gasteiger partial charge in [-0.15, -0.1) is 0 Å². The van der Waals surface area contributed by atoms with E-state index in [-0.39, 0.29) is 35.3 Å². The zero-order valence-electron chi connectivity index (χ0n) is 34.9. The highest BCUT2D eigenvalue weighted by atomic mass is 16.6. The van der Waals surface area contributed by atoms with Crippen LogP contribution in [0.1, 0.15) is 90.2 Å². The van der Waals surface area contributed by atoms with Crippen molar-refractivity contribution >= 4 is 35.6 Å². The lowest BCUT2D eigenvalue weighted by Gasteiger charge is -2.67. The normalized spacial score (nSPS) is 32.9. The number of esters is 4. The number of allylic oxidation sites excluding steroid dienone is 1. The number of ketones is 1. The van der Waals surface area contributed by atoms with Gasteiger partial charge in [0.1, 0.15) is 23.9 Å². The molecule has 2 bridgehead atoms. The maximum Gasteiger partial charge on any atom is 0.338 e. The van der Waals surface area contributed by atoms with Gasteiger partial charge in [-0.1, -0.05) is 68.5 Å². The van der Waals surface area contributed by atoms with Gasteiger partial charge in [0, 0.05) is 43.2 Å². The molecule has 3 aliphatic carbocycles. The highest BCUT2D eigenvalue weighted by Crippen LogP contribution is 2.64. The number of hydrogen-bond donors (Lipinski definition) is 4. The molecule has 1 aliphatic heterocycles. The molecule has 2 aromatic carbocycles. The Bertz CT molecular complexity index is 2110. The minimum atomic E-state index is -2.36. The smallest absolute Gasteiger partial charge is 0.338 e. The number of hydrogen-bond acceptors (Lipinski definition) is 14. The van der Waals surface area contributed by atoms with Gasteiger partial charge in [0.2, 0.25) is 0 Å². The van der Waals surface area contributed by atoms with E-state index < -0.39 is 113 Å². The molecule has 1 heterocycles. The van der Waals surface area contributed by atoms with E-state index in [1.807, 2.05) is 0 Å². The van der Waals surface area contributed by atoms with E-state index in [1.54, 1.807) is 81.4 Å². The Morgan fingerprint density at radius 2 is 1.53 bits per heavy atom. The van der Waals surface area contributed by atoms with Crippen molar-refractivity contribution in [2.24, 2.45) is 16.7 Å². The van der Waals surface area contributed by atoms with Crippen LogP contribution in [-0.4, -0.2) is 105 Å². The summed E-state index contributed by atoms with van der Waals surface area (Å²) in [5, 5.41) is 40.0.